The van der Waals surface area contributed by atoms with Crippen molar-refractivity contribution in [2.75, 3.05) is 25.0 Å². The van der Waals surface area contributed by atoms with Crippen molar-refractivity contribution >= 4 is 5.69 Å². The van der Waals surface area contributed by atoms with Crippen LogP contribution in [0, 0.1) is 0 Å². The maximum atomic E-state index is 3.53. The monoisotopic (exact) mass is 230 g/mol. The van der Waals surface area contributed by atoms with E-state index in [0.717, 1.165) is 12.6 Å². The number of para-hydroxylation sites is 1. The minimum Gasteiger partial charge on any atom is -0.384 e. The summed E-state index contributed by atoms with van der Waals surface area (Å²) in [5.41, 5.74) is 2.87. The van der Waals surface area contributed by atoms with Crippen LogP contribution in [0.4, 0.5) is 5.69 Å². The van der Waals surface area contributed by atoms with Crippen molar-refractivity contribution in [3.8, 4) is 0 Å². The van der Waals surface area contributed by atoms with Gasteiger partial charge in [-0.3, -0.25) is 4.90 Å². The number of fused-ring (bicyclic) bond motifs is 1. The third-order valence-electron chi connectivity index (χ3n) is 4.36. The Morgan fingerprint density at radius 2 is 2.24 bits per heavy atom. The van der Waals surface area contributed by atoms with Crippen LogP contribution in [0.2, 0.25) is 0 Å². The summed E-state index contributed by atoms with van der Waals surface area (Å²) in [6.45, 7) is 5.98. The molecule has 0 amide bonds. The lowest BCUT2D eigenvalue weighted by Gasteiger charge is -2.26. The molecule has 0 aliphatic carbocycles. The van der Waals surface area contributed by atoms with E-state index < -0.39 is 0 Å². The van der Waals surface area contributed by atoms with E-state index in [1.807, 2.05) is 0 Å². The molecule has 17 heavy (non-hydrogen) atoms. The van der Waals surface area contributed by atoms with E-state index in [4.69, 9.17) is 0 Å². The zero-order valence-electron chi connectivity index (χ0n) is 10.7. The molecule has 1 aromatic carbocycles. The van der Waals surface area contributed by atoms with Gasteiger partial charge in [0, 0.05) is 30.7 Å². The highest BCUT2D eigenvalue weighted by Crippen LogP contribution is 2.33. The third-order valence-corrected chi connectivity index (χ3v) is 4.36. The van der Waals surface area contributed by atoms with Gasteiger partial charge in [-0.1, -0.05) is 25.1 Å². The normalized spacial score (nSPS) is 28.1. The van der Waals surface area contributed by atoms with Crippen LogP contribution >= 0.6 is 0 Å². The van der Waals surface area contributed by atoms with Gasteiger partial charge in [0.2, 0.25) is 0 Å². The molecule has 2 heterocycles. The van der Waals surface area contributed by atoms with Crippen molar-refractivity contribution in [3.63, 3.8) is 0 Å². The van der Waals surface area contributed by atoms with Gasteiger partial charge in [0.1, 0.15) is 0 Å². The fourth-order valence-electron chi connectivity index (χ4n) is 3.40. The van der Waals surface area contributed by atoms with E-state index >= 15 is 0 Å². The molecule has 1 saturated heterocycles. The van der Waals surface area contributed by atoms with Crippen molar-refractivity contribution < 1.29 is 0 Å². The average Bonchev–Trinajstić information content (AvgIpc) is 2.97. The molecule has 1 aromatic rings. The molecule has 0 aromatic heterocycles. The molecular formula is C15H22N2. The van der Waals surface area contributed by atoms with E-state index in [1.54, 1.807) is 0 Å². The van der Waals surface area contributed by atoms with E-state index in [-0.39, 0.29) is 0 Å². The highest BCUT2D eigenvalue weighted by molar-refractivity contribution is 5.57. The molecule has 2 aliphatic heterocycles. The molecule has 1 N–H and O–H groups in total. The largest absolute Gasteiger partial charge is 0.384 e. The third kappa shape index (κ3) is 2.06. The summed E-state index contributed by atoms with van der Waals surface area (Å²) in [7, 11) is 0. The lowest BCUT2D eigenvalue weighted by atomic mass is 10.0. The van der Waals surface area contributed by atoms with Crippen LogP contribution in [-0.4, -0.2) is 30.6 Å². The highest BCUT2D eigenvalue weighted by atomic mass is 15.2. The van der Waals surface area contributed by atoms with E-state index in [0.29, 0.717) is 5.92 Å². The maximum Gasteiger partial charge on any atom is 0.0376 e. The first kappa shape index (κ1) is 11.1. The SMILES string of the molecule is CCC1CCCN1CC1CNc2ccccc21. The van der Waals surface area contributed by atoms with Gasteiger partial charge in [-0.15, -0.1) is 0 Å². The number of benzene rings is 1. The minimum absolute atomic E-state index is 0.693. The predicted molar refractivity (Wildman–Crippen MR) is 72.6 cm³/mol. The fourth-order valence-corrected chi connectivity index (χ4v) is 3.40. The summed E-state index contributed by atoms with van der Waals surface area (Å²) in [5.74, 6) is 0.693. The Kier molecular flexibility index (Phi) is 3.06. The molecule has 0 spiro atoms. The number of hydrogen-bond acceptors (Lipinski definition) is 2. The van der Waals surface area contributed by atoms with Crippen LogP contribution < -0.4 is 5.32 Å². The van der Waals surface area contributed by atoms with Crippen molar-refractivity contribution in [2.24, 2.45) is 0 Å². The number of likely N-dealkylation sites (tertiary alicyclic amines) is 1. The molecule has 3 rings (SSSR count). The topological polar surface area (TPSA) is 15.3 Å². The Labute approximate surface area is 104 Å². The van der Waals surface area contributed by atoms with Crippen molar-refractivity contribution in [1.29, 1.82) is 0 Å². The first-order valence-corrected chi connectivity index (χ1v) is 6.95. The molecule has 2 aliphatic rings. The van der Waals surface area contributed by atoms with Crippen LogP contribution in [0.3, 0.4) is 0 Å². The van der Waals surface area contributed by atoms with E-state index in [1.165, 1.54) is 43.6 Å². The van der Waals surface area contributed by atoms with Crippen LogP contribution in [-0.2, 0) is 0 Å². The lowest BCUT2D eigenvalue weighted by molar-refractivity contribution is 0.237. The molecular weight excluding hydrogens is 208 g/mol. The quantitative estimate of drug-likeness (QED) is 0.858. The first-order valence-electron chi connectivity index (χ1n) is 6.95. The summed E-state index contributed by atoms with van der Waals surface area (Å²) < 4.78 is 0. The number of nitrogens with one attached hydrogen (secondary N) is 1. The van der Waals surface area contributed by atoms with Crippen LogP contribution in [0.15, 0.2) is 24.3 Å². The Balaban J connectivity index is 1.71. The Bertz CT molecular complexity index is 388. The molecule has 2 nitrogen and oxygen atoms in total. The van der Waals surface area contributed by atoms with E-state index in [9.17, 15) is 0 Å². The zero-order chi connectivity index (χ0) is 11.7. The molecule has 0 saturated carbocycles. The Hall–Kier alpha value is -1.02. The van der Waals surface area contributed by atoms with Gasteiger partial charge in [-0.2, -0.15) is 0 Å². The van der Waals surface area contributed by atoms with Crippen LogP contribution in [0.5, 0.6) is 0 Å². The second-order valence-electron chi connectivity index (χ2n) is 5.36. The van der Waals surface area contributed by atoms with Crippen LogP contribution in [0.1, 0.15) is 37.7 Å². The first-order chi connectivity index (χ1) is 8.38. The smallest absolute Gasteiger partial charge is 0.0376 e. The standard InChI is InChI=1S/C15H22N2/c1-2-13-6-5-9-17(13)11-12-10-16-15-8-4-3-7-14(12)15/h3-4,7-8,12-13,16H,2,5-6,9-11H2,1H3. The minimum atomic E-state index is 0.693. The summed E-state index contributed by atoms with van der Waals surface area (Å²) in [6.07, 6.45) is 4.10. The van der Waals surface area contributed by atoms with Gasteiger partial charge in [0.15, 0.2) is 0 Å². The van der Waals surface area contributed by atoms with Crippen LogP contribution in [0.25, 0.3) is 0 Å². The van der Waals surface area contributed by atoms with Crippen molar-refractivity contribution in [1.82, 2.24) is 4.90 Å². The fraction of sp³-hybridized carbons (Fsp3) is 0.600. The summed E-state index contributed by atoms with van der Waals surface area (Å²) in [4.78, 5) is 2.70. The molecule has 0 bridgehead atoms. The van der Waals surface area contributed by atoms with Gasteiger partial charge in [-0.05, 0) is 37.4 Å². The summed E-state index contributed by atoms with van der Waals surface area (Å²) in [6, 6.07) is 9.62. The number of rotatable bonds is 3. The maximum absolute atomic E-state index is 3.53. The number of nitrogens with zero attached hydrogens (tertiary/aromatic N) is 1. The second-order valence-corrected chi connectivity index (χ2v) is 5.36. The molecule has 2 heteroatoms. The molecule has 92 valence electrons. The van der Waals surface area contributed by atoms with Gasteiger partial charge in [0.05, 0.1) is 0 Å². The number of hydrogen-bond donors (Lipinski definition) is 1. The molecule has 2 atom stereocenters. The van der Waals surface area contributed by atoms with Crippen molar-refractivity contribution in [3.05, 3.63) is 29.8 Å². The van der Waals surface area contributed by atoms with Crippen molar-refractivity contribution in [2.45, 2.75) is 38.1 Å². The second kappa shape index (κ2) is 4.69. The van der Waals surface area contributed by atoms with E-state index in [2.05, 4.69) is 41.4 Å². The summed E-state index contributed by atoms with van der Waals surface area (Å²) >= 11 is 0. The average molecular weight is 230 g/mol. The molecule has 1 fully saturated rings. The Morgan fingerprint density at radius 1 is 1.35 bits per heavy atom. The highest BCUT2D eigenvalue weighted by Gasteiger charge is 2.29. The van der Waals surface area contributed by atoms with Gasteiger partial charge >= 0.3 is 0 Å². The van der Waals surface area contributed by atoms with Gasteiger partial charge in [-0.25, -0.2) is 0 Å². The number of anilines is 1. The zero-order valence-corrected chi connectivity index (χ0v) is 10.7. The van der Waals surface area contributed by atoms with Gasteiger partial charge in [0.25, 0.3) is 0 Å². The Morgan fingerprint density at radius 3 is 3.12 bits per heavy atom. The van der Waals surface area contributed by atoms with Gasteiger partial charge < -0.3 is 5.32 Å². The molecule has 2 unspecified atom stereocenters. The summed E-state index contributed by atoms with van der Waals surface area (Å²) in [5, 5.41) is 3.53. The predicted octanol–water partition coefficient (Wildman–Crippen LogP) is 3.07. The lowest BCUT2D eigenvalue weighted by Crippen LogP contribution is -2.33. The molecule has 0 radical (unpaired) electrons.